The Morgan fingerprint density at radius 2 is 1.93 bits per heavy atom. The van der Waals surface area contributed by atoms with E-state index in [1.807, 2.05) is 13.8 Å². The molecule has 0 aromatic heterocycles. The van der Waals surface area contributed by atoms with Crippen LogP contribution in [0.25, 0.3) is 0 Å². The zero-order valence-electron chi connectivity index (χ0n) is 15.7. The van der Waals surface area contributed by atoms with Crippen LogP contribution in [0.2, 0.25) is 0 Å². The molecule has 1 N–H and O–H groups in total. The molecular formula is C22H24F2N2O. The van der Waals surface area contributed by atoms with Crippen molar-refractivity contribution in [3.05, 3.63) is 58.4 Å². The number of carbonyl (C=O) groups is 1. The summed E-state index contributed by atoms with van der Waals surface area (Å²) in [6, 6.07) is 8.68. The molecule has 1 saturated carbocycles. The van der Waals surface area contributed by atoms with E-state index in [9.17, 15) is 13.6 Å². The average Bonchev–Trinajstić information content (AvgIpc) is 3.35. The van der Waals surface area contributed by atoms with Gasteiger partial charge in [0, 0.05) is 24.5 Å². The highest BCUT2D eigenvalue weighted by Gasteiger charge is 2.45. The van der Waals surface area contributed by atoms with Crippen molar-refractivity contribution in [1.82, 2.24) is 0 Å². The van der Waals surface area contributed by atoms with E-state index in [0.29, 0.717) is 12.8 Å². The molecule has 0 radical (unpaired) electrons. The molecule has 3 nitrogen and oxygen atoms in total. The molecule has 1 fully saturated rings. The first-order valence-corrected chi connectivity index (χ1v) is 9.46. The van der Waals surface area contributed by atoms with Crippen molar-refractivity contribution in [1.29, 1.82) is 0 Å². The van der Waals surface area contributed by atoms with Crippen molar-refractivity contribution in [2.75, 3.05) is 16.8 Å². The quantitative estimate of drug-likeness (QED) is 0.836. The van der Waals surface area contributed by atoms with E-state index in [1.165, 1.54) is 23.3 Å². The Morgan fingerprint density at radius 1 is 1.22 bits per heavy atom. The lowest BCUT2D eigenvalue weighted by Crippen LogP contribution is -2.31. The van der Waals surface area contributed by atoms with Gasteiger partial charge in [0.05, 0.1) is 6.42 Å². The second-order valence-electron chi connectivity index (χ2n) is 7.85. The van der Waals surface area contributed by atoms with Gasteiger partial charge >= 0.3 is 0 Å². The normalized spacial score (nSPS) is 17.4. The summed E-state index contributed by atoms with van der Waals surface area (Å²) >= 11 is 0. The molecule has 1 heterocycles. The van der Waals surface area contributed by atoms with Crippen LogP contribution < -0.4 is 10.2 Å². The predicted octanol–water partition coefficient (Wildman–Crippen LogP) is 4.84. The van der Waals surface area contributed by atoms with Crippen LogP contribution in [-0.2, 0) is 17.8 Å². The predicted molar refractivity (Wildman–Crippen MR) is 103 cm³/mol. The van der Waals surface area contributed by atoms with Gasteiger partial charge in [-0.2, -0.15) is 0 Å². The summed E-state index contributed by atoms with van der Waals surface area (Å²) in [5, 5.41) is 2.94. The summed E-state index contributed by atoms with van der Waals surface area (Å²) in [6.07, 6.45) is 1.78. The number of hydrogen-bond donors (Lipinski definition) is 1. The van der Waals surface area contributed by atoms with Gasteiger partial charge in [-0.05, 0) is 79.6 Å². The number of rotatable bonds is 4. The standard InChI is InChI=1S/C22H24F2N2O/c1-14-11-16-13-26(18-5-3-17(23)4-6-18)10-7-19(16)15(2)21(14)25-20(27)12-22(24)8-9-22/h3-6,11H,7-10,12-13H2,1-2H3,(H,25,27). The Kier molecular flexibility index (Phi) is 4.41. The van der Waals surface area contributed by atoms with E-state index >= 15 is 0 Å². The van der Waals surface area contributed by atoms with Crippen LogP contribution in [0.3, 0.4) is 0 Å². The largest absolute Gasteiger partial charge is 0.367 e. The lowest BCUT2D eigenvalue weighted by atomic mass is 9.91. The van der Waals surface area contributed by atoms with E-state index < -0.39 is 5.67 Å². The number of nitrogens with one attached hydrogen (secondary N) is 1. The minimum absolute atomic E-state index is 0.0543. The summed E-state index contributed by atoms with van der Waals surface area (Å²) in [7, 11) is 0. The van der Waals surface area contributed by atoms with Crippen molar-refractivity contribution >= 4 is 17.3 Å². The van der Waals surface area contributed by atoms with Crippen LogP contribution in [0.1, 0.15) is 41.5 Å². The molecule has 5 heteroatoms. The van der Waals surface area contributed by atoms with Crippen molar-refractivity contribution < 1.29 is 13.6 Å². The highest BCUT2D eigenvalue weighted by molar-refractivity contribution is 5.93. The molecule has 0 bridgehead atoms. The van der Waals surface area contributed by atoms with Crippen molar-refractivity contribution in [2.24, 2.45) is 0 Å². The molecule has 2 aromatic rings. The fraction of sp³-hybridized carbons (Fsp3) is 0.409. The van der Waals surface area contributed by atoms with Crippen LogP contribution in [-0.4, -0.2) is 18.1 Å². The highest BCUT2D eigenvalue weighted by atomic mass is 19.1. The minimum Gasteiger partial charge on any atom is -0.367 e. The van der Waals surface area contributed by atoms with Gasteiger partial charge in [-0.1, -0.05) is 6.07 Å². The molecular weight excluding hydrogens is 346 g/mol. The van der Waals surface area contributed by atoms with Crippen molar-refractivity contribution in [3.63, 3.8) is 0 Å². The summed E-state index contributed by atoms with van der Waals surface area (Å²) in [5.74, 6) is -0.477. The summed E-state index contributed by atoms with van der Waals surface area (Å²) in [5.41, 5.74) is 5.07. The first kappa shape index (κ1) is 18.0. The minimum atomic E-state index is -1.28. The van der Waals surface area contributed by atoms with Gasteiger partial charge in [0.25, 0.3) is 0 Å². The molecule has 1 amide bonds. The number of fused-ring (bicyclic) bond motifs is 1. The number of aryl methyl sites for hydroxylation is 1. The maximum atomic E-state index is 13.9. The SMILES string of the molecule is Cc1cc2c(c(C)c1NC(=O)CC1(F)CC1)CCN(c1ccc(F)cc1)C2. The zero-order valence-corrected chi connectivity index (χ0v) is 15.7. The number of carbonyl (C=O) groups excluding carboxylic acids is 1. The number of anilines is 2. The highest BCUT2D eigenvalue weighted by Crippen LogP contribution is 2.43. The zero-order chi connectivity index (χ0) is 19.2. The first-order chi connectivity index (χ1) is 12.8. The summed E-state index contributed by atoms with van der Waals surface area (Å²) in [4.78, 5) is 14.5. The maximum Gasteiger partial charge on any atom is 0.227 e. The fourth-order valence-electron chi connectivity index (χ4n) is 3.98. The lowest BCUT2D eigenvalue weighted by Gasteiger charge is -2.33. The maximum absolute atomic E-state index is 13.9. The first-order valence-electron chi connectivity index (χ1n) is 9.46. The van der Waals surface area contributed by atoms with Crippen LogP contribution in [0.5, 0.6) is 0 Å². The van der Waals surface area contributed by atoms with Crippen LogP contribution in [0, 0.1) is 19.7 Å². The van der Waals surface area contributed by atoms with Gasteiger partial charge in [-0.3, -0.25) is 4.79 Å². The van der Waals surface area contributed by atoms with E-state index in [1.54, 1.807) is 12.1 Å². The Balaban J connectivity index is 1.55. The molecule has 2 aromatic carbocycles. The van der Waals surface area contributed by atoms with Crippen molar-refractivity contribution in [2.45, 2.75) is 51.7 Å². The van der Waals surface area contributed by atoms with Crippen LogP contribution in [0.15, 0.2) is 30.3 Å². The summed E-state index contributed by atoms with van der Waals surface area (Å²) < 4.78 is 27.0. The monoisotopic (exact) mass is 370 g/mol. The van der Waals surface area contributed by atoms with Gasteiger partial charge in [0.1, 0.15) is 11.5 Å². The molecule has 1 aliphatic carbocycles. The molecule has 2 aliphatic rings. The third kappa shape index (κ3) is 3.68. The third-order valence-electron chi connectivity index (χ3n) is 5.72. The fourth-order valence-corrected chi connectivity index (χ4v) is 3.98. The summed E-state index contributed by atoms with van der Waals surface area (Å²) in [6.45, 7) is 5.59. The second kappa shape index (κ2) is 6.63. The molecule has 1 aliphatic heterocycles. The van der Waals surface area contributed by atoms with Crippen LogP contribution >= 0.6 is 0 Å². The second-order valence-corrected chi connectivity index (χ2v) is 7.85. The van der Waals surface area contributed by atoms with E-state index in [-0.39, 0.29) is 18.1 Å². The molecule has 0 saturated heterocycles. The molecule has 142 valence electrons. The van der Waals surface area contributed by atoms with Gasteiger partial charge in [-0.15, -0.1) is 0 Å². The number of amides is 1. The Morgan fingerprint density at radius 3 is 2.59 bits per heavy atom. The number of alkyl halides is 1. The number of nitrogens with zero attached hydrogens (tertiary/aromatic N) is 1. The molecule has 27 heavy (non-hydrogen) atoms. The van der Waals surface area contributed by atoms with Crippen molar-refractivity contribution in [3.8, 4) is 0 Å². The van der Waals surface area contributed by atoms with E-state index in [2.05, 4.69) is 16.3 Å². The smallest absolute Gasteiger partial charge is 0.227 e. The van der Waals surface area contributed by atoms with Gasteiger partial charge in [-0.25, -0.2) is 8.78 Å². The Bertz CT molecular complexity index is 888. The Hall–Kier alpha value is -2.43. The molecule has 0 atom stereocenters. The number of hydrogen-bond acceptors (Lipinski definition) is 2. The molecule has 0 unspecified atom stereocenters. The van der Waals surface area contributed by atoms with Crippen LogP contribution in [0.4, 0.5) is 20.2 Å². The van der Waals surface area contributed by atoms with Gasteiger partial charge < -0.3 is 10.2 Å². The van der Waals surface area contributed by atoms with E-state index in [4.69, 9.17) is 0 Å². The van der Waals surface area contributed by atoms with Gasteiger partial charge in [0.15, 0.2) is 0 Å². The molecule has 0 spiro atoms. The average molecular weight is 370 g/mol. The molecule has 4 rings (SSSR count). The Labute approximate surface area is 158 Å². The topological polar surface area (TPSA) is 32.3 Å². The van der Waals surface area contributed by atoms with Gasteiger partial charge in [0.2, 0.25) is 5.91 Å². The number of benzene rings is 2. The van der Waals surface area contributed by atoms with E-state index in [0.717, 1.165) is 42.0 Å². The third-order valence-corrected chi connectivity index (χ3v) is 5.72. The lowest BCUT2D eigenvalue weighted by molar-refractivity contribution is -0.117. The number of halogens is 2.